The van der Waals surface area contributed by atoms with E-state index in [9.17, 15) is 14.9 Å². The molecule has 0 fully saturated rings. The number of non-ortho nitro benzene ring substituents is 1. The highest BCUT2D eigenvalue weighted by atomic mass is 127. The number of carbonyl (C=O) groups excluding carboxylic acids is 1. The highest BCUT2D eigenvalue weighted by Gasteiger charge is 2.23. The number of esters is 1. The molecule has 2 aromatic rings. The summed E-state index contributed by atoms with van der Waals surface area (Å²) in [5.74, 6) is -0.270. The predicted molar refractivity (Wildman–Crippen MR) is 102 cm³/mol. The number of rotatable bonds is 4. The number of ether oxygens (including phenoxy) is 1. The fraction of sp³-hybridized carbons (Fsp3) is 0. The molecule has 1 heterocycles. The molecule has 0 radical (unpaired) electrons. The Balaban J connectivity index is 1.79. The largest absolute Gasteiger partial charge is 0.402 e. The number of halogens is 1. The molecule has 3 rings (SSSR count). The quantitative estimate of drug-likeness (QED) is 0.233. The maximum atomic E-state index is 11.9. The topological polar surface area (TPSA) is 81.8 Å². The fourth-order valence-electron chi connectivity index (χ4n) is 2.13. The molecule has 2 aromatic carbocycles. The first-order valence-electron chi connectivity index (χ1n) is 7.22. The molecule has 0 saturated heterocycles. The zero-order valence-electron chi connectivity index (χ0n) is 12.8. The molecule has 0 unspecified atom stereocenters. The summed E-state index contributed by atoms with van der Waals surface area (Å²) in [4.78, 5) is 26.4. The van der Waals surface area contributed by atoms with Crippen LogP contribution in [0.25, 0.3) is 6.08 Å². The summed E-state index contributed by atoms with van der Waals surface area (Å²) in [7, 11) is 0. The van der Waals surface area contributed by atoms with Gasteiger partial charge in [0.05, 0.1) is 4.92 Å². The molecule has 0 amide bonds. The van der Waals surface area contributed by atoms with E-state index in [0.717, 1.165) is 9.13 Å². The second-order valence-electron chi connectivity index (χ2n) is 5.08. The Bertz CT molecular complexity index is 930. The Morgan fingerprint density at radius 3 is 2.64 bits per heavy atom. The normalized spacial score (nSPS) is 15.5. The molecule has 124 valence electrons. The number of cyclic esters (lactones) is 1. The maximum Gasteiger partial charge on any atom is 0.363 e. The lowest BCUT2D eigenvalue weighted by Gasteiger charge is -1.98. The number of hydrogen-bond acceptors (Lipinski definition) is 5. The SMILES string of the molecule is O=C1OC(c2ccc(I)cc2)=NC1=CC=Cc1cccc([N+](=O)[O-])c1. The van der Waals surface area contributed by atoms with Gasteiger partial charge in [0.1, 0.15) is 0 Å². The van der Waals surface area contributed by atoms with Crippen molar-refractivity contribution in [3.63, 3.8) is 0 Å². The van der Waals surface area contributed by atoms with Gasteiger partial charge in [-0.3, -0.25) is 10.1 Å². The lowest BCUT2D eigenvalue weighted by Crippen LogP contribution is -2.05. The number of benzene rings is 2. The average molecular weight is 446 g/mol. The van der Waals surface area contributed by atoms with Crippen LogP contribution in [0.15, 0.2) is 71.4 Å². The monoisotopic (exact) mass is 446 g/mol. The molecule has 7 heteroatoms. The Morgan fingerprint density at radius 1 is 1.16 bits per heavy atom. The summed E-state index contributed by atoms with van der Waals surface area (Å²) in [5.41, 5.74) is 1.56. The minimum Gasteiger partial charge on any atom is -0.402 e. The Hall–Kier alpha value is -2.81. The number of nitrogens with zero attached hydrogens (tertiary/aromatic N) is 2. The molecule has 0 bridgehead atoms. The summed E-state index contributed by atoms with van der Waals surface area (Å²) in [6.07, 6.45) is 4.78. The van der Waals surface area contributed by atoms with E-state index in [1.54, 1.807) is 24.3 Å². The third-order valence-electron chi connectivity index (χ3n) is 3.34. The predicted octanol–water partition coefficient (Wildman–Crippen LogP) is 4.10. The lowest BCUT2D eigenvalue weighted by atomic mass is 10.2. The summed E-state index contributed by atoms with van der Waals surface area (Å²) >= 11 is 2.19. The molecule has 0 atom stereocenters. The van der Waals surface area contributed by atoms with Crippen LogP contribution in [0.2, 0.25) is 0 Å². The lowest BCUT2D eigenvalue weighted by molar-refractivity contribution is -0.384. The average Bonchev–Trinajstić information content (AvgIpc) is 2.97. The van der Waals surface area contributed by atoms with Crippen molar-refractivity contribution in [3.8, 4) is 0 Å². The van der Waals surface area contributed by atoms with E-state index in [-0.39, 0.29) is 17.3 Å². The number of carbonyl (C=O) groups is 1. The molecule has 0 aliphatic carbocycles. The zero-order chi connectivity index (χ0) is 17.8. The minimum atomic E-state index is -0.530. The van der Waals surface area contributed by atoms with Gasteiger partial charge in [0.15, 0.2) is 5.70 Å². The summed E-state index contributed by atoms with van der Waals surface area (Å²) in [6.45, 7) is 0. The van der Waals surface area contributed by atoms with Gasteiger partial charge in [-0.15, -0.1) is 0 Å². The Labute approximate surface area is 156 Å². The molecule has 25 heavy (non-hydrogen) atoms. The van der Waals surface area contributed by atoms with E-state index in [4.69, 9.17) is 4.74 Å². The van der Waals surface area contributed by atoms with Crippen molar-refractivity contribution in [2.24, 2.45) is 4.99 Å². The number of nitro groups is 1. The standard InChI is InChI=1S/C18H11IN2O4/c19-14-9-7-13(8-10-14)17-20-16(18(22)25-17)6-2-4-12-3-1-5-15(11-12)21(23)24/h1-11H. The molecule has 0 saturated carbocycles. The van der Waals surface area contributed by atoms with Crippen LogP contribution in [0, 0.1) is 13.7 Å². The maximum absolute atomic E-state index is 11.9. The second-order valence-corrected chi connectivity index (χ2v) is 6.32. The van der Waals surface area contributed by atoms with Crippen molar-refractivity contribution in [2.75, 3.05) is 0 Å². The molecule has 0 spiro atoms. The molecule has 0 N–H and O–H groups in total. The van der Waals surface area contributed by atoms with E-state index in [1.807, 2.05) is 24.3 Å². The van der Waals surface area contributed by atoms with Gasteiger partial charge < -0.3 is 4.74 Å². The highest BCUT2D eigenvalue weighted by Crippen LogP contribution is 2.18. The number of allylic oxidation sites excluding steroid dienone is 2. The van der Waals surface area contributed by atoms with Crippen LogP contribution in [0.1, 0.15) is 11.1 Å². The molecule has 0 aromatic heterocycles. The number of aliphatic imine (C=N–C) groups is 1. The van der Waals surface area contributed by atoms with Gasteiger partial charge in [-0.1, -0.05) is 24.3 Å². The number of hydrogen-bond donors (Lipinski definition) is 0. The van der Waals surface area contributed by atoms with Crippen LogP contribution in [0.3, 0.4) is 0 Å². The van der Waals surface area contributed by atoms with Gasteiger partial charge in [0.2, 0.25) is 5.90 Å². The van der Waals surface area contributed by atoms with Gasteiger partial charge in [-0.2, -0.15) is 0 Å². The summed E-state index contributed by atoms with van der Waals surface area (Å²) in [5, 5.41) is 10.8. The third-order valence-corrected chi connectivity index (χ3v) is 4.05. The van der Waals surface area contributed by atoms with Crippen LogP contribution >= 0.6 is 22.6 Å². The van der Waals surface area contributed by atoms with E-state index in [1.165, 1.54) is 18.2 Å². The Morgan fingerprint density at radius 2 is 1.92 bits per heavy atom. The first-order chi connectivity index (χ1) is 12.0. The molecule has 6 nitrogen and oxygen atoms in total. The van der Waals surface area contributed by atoms with Crippen LogP contribution in [0.4, 0.5) is 5.69 Å². The Kier molecular flexibility index (Phi) is 5.03. The van der Waals surface area contributed by atoms with Gasteiger partial charge in [-0.05, 0) is 58.5 Å². The second kappa shape index (κ2) is 7.39. The van der Waals surface area contributed by atoms with E-state index >= 15 is 0 Å². The van der Waals surface area contributed by atoms with Crippen molar-refractivity contribution in [1.82, 2.24) is 0 Å². The van der Waals surface area contributed by atoms with Gasteiger partial charge >= 0.3 is 5.97 Å². The summed E-state index contributed by atoms with van der Waals surface area (Å²) in [6, 6.07) is 13.7. The van der Waals surface area contributed by atoms with Gasteiger partial charge in [0.25, 0.3) is 5.69 Å². The van der Waals surface area contributed by atoms with Crippen LogP contribution in [0.5, 0.6) is 0 Å². The third kappa shape index (κ3) is 4.18. The van der Waals surface area contributed by atoms with Crippen LogP contribution in [-0.2, 0) is 9.53 Å². The van der Waals surface area contributed by atoms with Gasteiger partial charge in [-0.25, -0.2) is 9.79 Å². The van der Waals surface area contributed by atoms with Crippen molar-refractivity contribution in [2.45, 2.75) is 0 Å². The van der Waals surface area contributed by atoms with Crippen molar-refractivity contribution in [1.29, 1.82) is 0 Å². The first-order valence-corrected chi connectivity index (χ1v) is 8.30. The van der Waals surface area contributed by atoms with Crippen molar-refractivity contribution < 1.29 is 14.5 Å². The first kappa shape index (κ1) is 17.0. The van der Waals surface area contributed by atoms with Crippen molar-refractivity contribution in [3.05, 3.63) is 91.2 Å². The molecular weight excluding hydrogens is 435 g/mol. The van der Waals surface area contributed by atoms with Gasteiger partial charge in [0, 0.05) is 21.3 Å². The molecule has 1 aliphatic rings. The highest BCUT2D eigenvalue weighted by molar-refractivity contribution is 14.1. The van der Waals surface area contributed by atoms with E-state index in [2.05, 4.69) is 27.6 Å². The fourth-order valence-corrected chi connectivity index (χ4v) is 2.49. The zero-order valence-corrected chi connectivity index (χ0v) is 14.9. The minimum absolute atomic E-state index is 0.00842. The van der Waals surface area contributed by atoms with Crippen LogP contribution in [-0.4, -0.2) is 16.8 Å². The van der Waals surface area contributed by atoms with E-state index < -0.39 is 10.9 Å². The van der Waals surface area contributed by atoms with Crippen LogP contribution < -0.4 is 0 Å². The molecule has 1 aliphatic heterocycles. The summed E-state index contributed by atoms with van der Waals surface area (Å²) < 4.78 is 6.24. The molecular formula is C18H11IN2O4. The van der Waals surface area contributed by atoms with E-state index in [0.29, 0.717) is 5.56 Å². The van der Waals surface area contributed by atoms with Crippen molar-refractivity contribution >= 4 is 46.2 Å². The smallest absolute Gasteiger partial charge is 0.363 e. The number of nitro benzene ring substituents is 1.